The zero-order valence-electron chi connectivity index (χ0n) is 10.8. The van der Waals surface area contributed by atoms with Gasteiger partial charge in [0.15, 0.2) is 0 Å². The van der Waals surface area contributed by atoms with E-state index >= 15 is 0 Å². The van der Waals surface area contributed by atoms with Crippen LogP contribution in [0, 0.1) is 0 Å². The largest absolute Gasteiger partial charge is 0.354 e. The second kappa shape index (κ2) is 5.44. The summed E-state index contributed by atoms with van der Waals surface area (Å²) < 4.78 is 1.62. The van der Waals surface area contributed by atoms with Crippen LogP contribution in [0.25, 0.3) is 5.95 Å². The van der Waals surface area contributed by atoms with Crippen LogP contribution in [0.1, 0.15) is 13.8 Å². The number of aromatic nitrogens is 5. The van der Waals surface area contributed by atoms with Gasteiger partial charge in [0.1, 0.15) is 0 Å². The summed E-state index contributed by atoms with van der Waals surface area (Å²) in [4.78, 5) is 15.0. The topological polar surface area (TPSA) is 71.8 Å². The van der Waals surface area contributed by atoms with Gasteiger partial charge >= 0.3 is 0 Å². The van der Waals surface area contributed by atoms with Crippen molar-refractivity contribution in [2.45, 2.75) is 13.8 Å². The Morgan fingerprint density at radius 3 is 2.72 bits per heavy atom. The third-order valence-electron chi connectivity index (χ3n) is 2.47. The number of rotatable bonds is 5. The molecule has 0 bridgehead atoms. The molecule has 0 aromatic carbocycles. The molecular weight excluding hydrogens is 230 g/mol. The molecule has 2 aromatic heterocycles. The third kappa shape index (κ3) is 2.55. The second-order valence-electron chi connectivity index (χ2n) is 3.75. The second-order valence-corrected chi connectivity index (χ2v) is 3.75. The van der Waals surface area contributed by atoms with E-state index in [4.69, 9.17) is 0 Å². The van der Waals surface area contributed by atoms with Crippen molar-refractivity contribution >= 4 is 11.9 Å². The van der Waals surface area contributed by atoms with Gasteiger partial charge in [0.05, 0.1) is 0 Å². The predicted molar refractivity (Wildman–Crippen MR) is 70.1 cm³/mol. The summed E-state index contributed by atoms with van der Waals surface area (Å²) in [5, 5.41) is 7.23. The van der Waals surface area contributed by atoms with Crippen molar-refractivity contribution in [2.24, 2.45) is 0 Å². The Balaban J connectivity index is 2.42. The Morgan fingerprint density at radius 2 is 2.11 bits per heavy atom. The molecule has 0 saturated heterocycles. The maximum Gasteiger partial charge on any atom is 0.257 e. The van der Waals surface area contributed by atoms with Gasteiger partial charge in [-0.25, -0.2) is 4.68 Å². The third-order valence-corrected chi connectivity index (χ3v) is 2.47. The van der Waals surface area contributed by atoms with Gasteiger partial charge < -0.3 is 10.2 Å². The van der Waals surface area contributed by atoms with E-state index in [1.54, 1.807) is 17.1 Å². The lowest BCUT2D eigenvalue weighted by molar-refractivity contribution is 0.780. The number of nitrogens with one attached hydrogen (secondary N) is 1. The lowest BCUT2D eigenvalue weighted by Crippen LogP contribution is -2.21. The first-order valence-electron chi connectivity index (χ1n) is 5.95. The average molecular weight is 247 g/mol. The minimum absolute atomic E-state index is 0.515. The summed E-state index contributed by atoms with van der Waals surface area (Å²) in [6.07, 6.45) is 3.50. The van der Waals surface area contributed by atoms with Crippen LogP contribution >= 0.6 is 0 Å². The summed E-state index contributed by atoms with van der Waals surface area (Å²) in [5.74, 6) is 1.71. The molecule has 18 heavy (non-hydrogen) atoms. The fourth-order valence-electron chi connectivity index (χ4n) is 1.39. The van der Waals surface area contributed by atoms with Crippen LogP contribution in [0.15, 0.2) is 18.5 Å². The minimum Gasteiger partial charge on any atom is -0.354 e. The van der Waals surface area contributed by atoms with Crippen LogP contribution in [-0.4, -0.2) is 44.9 Å². The van der Waals surface area contributed by atoms with Crippen molar-refractivity contribution in [1.82, 2.24) is 24.7 Å². The average Bonchev–Trinajstić information content (AvgIpc) is 2.91. The number of nitrogens with zero attached hydrogens (tertiary/aromatic N) is 6. The molecule has 1 N–H and O–H groups in total. The van der Waals surface area contributed by atoms with Gasteiger partial charge in [0.25, 0.3) is 5.95 Å². The van der Waals surface area contributed by atoms with Gasteiger partial charge in [-0.05, 0) is 19.9 Å². The molecule has 96 valence electrons. The lowest BCUT2D eigenvalue weighted by Gasteiger charge is -2.15. The Kier molecular flexibility index (Phi) is 3.71. The first-order valence-corrected chi connectivity index (χ1v) is 5.95. The molecule has 0 unspecified atom stereocenters. The highest BCUT2D eigenvalue weighted by Crippen LogP contribution is 2.11. The molecule has 0 atom stereocenters. The van der Waals surface area contributed by atoms with E-state index in [0.717, 1.165) is 13.1 Å². The molecule has 0 radical (unpaired) electrons. The van der Waals surface area contributed by atoms with Gasteiger partial charge in [0, 0.05) is 32.5 Å². The number of hydrogen-bond acceptors (Lipinski definition) is 6. The monoisotopic (exact) mass is 247 g/mol. The molecule has 0 aliphatic rings. The van der Waals surface area contributed by atoms with E-state index in [1.807, 2.05) is 31.9 Å². The molecule has 7 heteroatoms. The van der Waals surface area contributed by atoms with E-state index in [-0.39, 0.29) is 0 Å². The van der Waals surface area contributed by atoms with Crippen molar-refractivity contribution < 1.29 is 0 Å². The predicted octanol–water partition coefficient (Wildman–Crippen LogP) is 0.945. The highest BCUT2D eigenvalue weighted by Gasteiger charge is 2.10. The summed E-state index contributed by atoms with van der Waals surface area (Å²) in [6.45, 7) is 5.64. The van der Waals surface area contributed by atoms with Gasteiger partial charge in [0.2, 0.25) is 11.9 Å². The van der Waals surface area contributed by atoms with Crippen LogP contribution < -0.4 is 10.2 Å². The smallest absolute Gasteiger partial charge is 0.257 e. The number of anilines is 2. The minimum atomic E-state index is 0.515. The molecule has 0 fully saturated rings. The van der Waals surface area contributed by atoms with Crippen LogP contribution in [0.3, 0.4) is 0 Å². The maximum absolute atomic E-state index is 4.39. The van der Waals surface area contributed by atoms with Gasteiger partial charge in [-0.2, -0.15) is 20.1 Å². The molecule has 0 aliphatic carbocycles. The SMILES string of the molecule is CCNc1nc(N(C)CC)nc(-n2cccn2)n1. The van der Waals surface area contributed by atoms with Crippen LogP contribution in [0.2, 0.25) is 0 Å². The van der Waals surface area contributed by atoms with Crippen LogP contribution in [0.5, 0.6) is 0 Å². The highest BCUT2D eigenvalue weighted by molar-refractivity contribution is 5.39. The van der Waals surface area contributed by atoms with Crippen molar-refractivity contribution in [1.29, 1.82) is 0 Å². The quantitative estimate of drug-likeness (QED) is 0.848. The zero-order valence-corrected chi connectivity index (χ0v) is 10.8. The van der Waals surface area contributed by atoms with Crippen molar-refractivity contribution in [2.75, 3.05) is 30.4 Å². The van der Waals surface area contributed by atoms with Gasteiger partial charge in [-0.15, -0.1) is 0 Å². The van der Waals surface area contributed by atoms with Crippen molar-refractivity contribution in [3.05, 3.63) is 18.5 Å². The van der Waals surface area contributed by atoms with Crippen LogP contribution in [-0.2, 0) is 0 Å². The van der Waals surface area contributed by atoms with Gasteiger partial charge in [-0.3, -0.25) is 0 Å². The fraction of sp³-hybridized carbons (Fsp3) is 0.455. The molecule has 0 spiro atoms. The zero-order chi connectivity index (χ0) is 13.0. The highest BCUT2D eigenvalue weighted by atomic mass is 15.4. The fourth-order valence-corrected chi connectivity index (χ4v) is 1.39. The Morgan fingerprint density at radius 1 is 1.28 bits per heavy atom. The summed E-state index contributed by atoms with van der Waals surface area (Å²) in [6, 6.07) is 1.83. The Hall–Kier alpha value is -2.18. The summed E-state index contributed by atoms with van der Waals surface area (Å²) in [7, 11) is 1.94. The summed E-state index contributed by atoms with van der Waals surface area (Å²) >= 11 is 0. The van der Waals surface area contributed by atoms with E-state index in [0.29, 0.717) is 17.8 Å². The van der Waals surface area contributed by atoms with E-state index in [2.05, 4.69) is 25.4 Å². The normalized spacial score (nSPS) is 10.4. The number of hydrogen-bond donors (Lipinski definition) is 1. The lowest BCUT2D eigenvalue weighted by atomic mass is 10.6. The van der Waals surface area contributed by atoms with Gasteiger partial charge in [-0.1, -0.05) is 0 Å². The standard InChI is InChI=1S/C11H17N7/c1-4-12-9-14-10(17(3)5-2)16-11(15-9)18-8-6-7-13-18/h6-8H,4-5H2,1-3H3,(H,12,14,15,16). The molecule has 0 saturated carbocycles. The molecule has 2 heterocycles. The molecule has 0 amide bonds. The van der Waals surface area contributed by atoms with Crippen molar-refractivity contribution in [3.8, 4) is 5.95 Å². The molecule has 7 nitrogen and oxygen atoms in total. The Labute approximate surface area is 106 Å². The maximum atomic E-state index is 4.39. The molecule has 2 aromatic rings. The van der Waals surface area contributed by atoms with E-state index in [9.17, 15) is 0 Å². The van der Waals surface area contributed by atoms with E-state index < -0.39 is 0 Å². The van der Waals surface area contributed by atoms with Crippen molar-refractivity contribution in [3.63, 3.8) is 0 Å². The summed E-state index contributed by atoms with van der Waals surface area (Å²) in [5.41, 5.74) is 0. The first kappa shape index (κ1) is 12.3. The molecule has 2 rings (SSSR count). The first-order chi connectivity index (χ1) is 8.74. The molecular formula is C11H17N7. The Bertz CT molecular complexity index is 494. The molecule has 0 aliphatic heterocycles. The van der Waals surface area contributed by atoms with E-state index in [1.165, 1.54) is 0 Å². The van der Waals surface area contributed by atoms with Crippen LogP contribution in [0.4, 0.5) is 11.9 Å².